The first kappa shape index (κ1) is 24.5. The topological polar surface area (TPSA) is 53.1 Å². The summed E-state index contributed by atoms with van der Waals surface area (Å²) in [5.41, 5.74) is 17.9. The lowest BCUT2D eigenvalue weighted by molar-refractivity contribution is 0.0697. The highest BCUT2D eigenvalue weighted by Gasteiger charge is 2.47. The fourth-order valence-electron chi connectivity index (χ4n) is 7.45. The Morgan fingerprint density at radius 1 is 0.949 bits per heavy atom. The molecule has 0 aliphatic heterocycles. The minimum atomic E-state index is -0.887. The molecule has 5 aliphatic rings. The predicted octanol–water partition coefficient (Wildman–Crippen LogP) is 8.70. The van der Waals surface area contributed by atoms with Crippen molar-refractivity contribution in [1.29, 1.82) is 0 Å². The number of benzene rings is 2. The normalized spacial score (nSPS) is 21.7. The van der Waals surface area contributed by atoms with Gasteiger partial charge in [0, 0.05) is 28.9 Å². The van der Waals surface area contributed by atoms with E-state index in [2.05, 4.69) is 70.1 Å². The van der Waals surface area contributed by atoms with Gasteiger partial charge in [-0.1, -0.05) is 65.0 Å². The third-order valence-corrected chi connectivity index (χ3v) is 10.1. The molecule has 3 nitrogen and oxygen atoms in total. The SMILES string of the molecule is CC1(C)CCC(C)(C)c2cc3c(cc21)CCc1c(-c2ccc(C(=O)O)cc2)c[nH]c1-3.CCC1=C2C=C3C=C1C32. The summed E-state index contributed by atoms with van der Waals surface area (Å²) in [6, 6.07) is 12.2. The zero-order valence-corrected chi connectivity index (χ0v) is 23.7. The molecule has 0 fully saturated rings. The lowest BCUT2D eigenvalue weighted by Crippen LogP contribution is -2.36. The van der Waals surface area contributed by atoms with E-state index in [4.69, 9.17) is 0 Å². The maximum absolute atomic E-state index is 11.2. The Morgan fingerprint density at radius 3 is 2.18 bits per heavy atom. The van der Waals surface area contributed by atoms with E-state index in [0.29, 0.717) is 5.56 Å². The number of fused-ring (bicyclic) bond motifs is 4. The van der Waals surface area contributed by atoms with E-state index in [-0.39, 0.29) is 10.8 Å². The molecule has 198 valence electrons. The van der Waals surface area contributed by atoms with Gasteiger partial charge in [-0.2, -0.15) is 0 Å². The van der Waals surface area contributed by atoms with E-state index in [0.717, 1.165) is 24.3 Å². The molecule has 0 saturated carbocycles. The number of hydrogen-bond acceptors (Lipinski definition) is 1. The molecule has 8 rings (SSSR count). The van der Waals surface area contributed by atoms with E-state index in [1.54, 1.807) is 34.4 Å². The summed E-state index contributed by atoms with van der Waals surface area (Å²) in [6.45, 7) is 11.8. The third kappa shape index (κ3) is 3.51. The third-order valence-electron chi connectivity index (χ3n) is 10.1. The Bertz CT molecular complexity index is 1650. The highest BCUT2D eigenvalue weighted by Crippen LogP contribution is 2.61. The minimum Gasteiger partial charge on any atom is -0.478 e. The number of H-pyrrole nitrogens is 1. The number of aromatic nitrogens is 1. The zero-order chi connectivity index (χ0) is 27.3. The molecule has 2 N–H and O–H groups in total. The first-order valence-corrected chi connectivity index (χ1v) is 14.5. The van der Waals surface area contributed by atoms with Crippen molar-refractivity contribution in [2.45, 2.75) is 77.6 Å². The van der Waals surface area contributed by atoms with Crippen molar-refractivity contribution >= 4 is 5.97 Å². The fourth-order valence-corrected chi connectivity index (χ4v) is 7.45. The second-order valence-electron chi connectivity index (χ2n) is 13.2. The van der Waals surface area contributed by atoms with Gasteiger partial charge in [0.2, 0.25) is 0 Å². The summed E-state index contributed by atoms with van der Waals surface area (Å²) in [7, 11) is 0. The summed E-state index contributed by atoms with van der Waals surface area (Å²) in [5, 5.41) is 9.18. The first-order chi connectivity index (χ1) is 18.6. The Kier molecular flexibility index (Phi) is 5.15. The standard InChI is InChI=1S/C27H29NO2.C9H8/c1-26(2)11-12-27(3,4)23-14-20-18(13-22(23)26)9-10-19-21(15-28-24(19)20)16-5-7-17(8-6-16)25(29)30;1-2-6-7-3-5-4-8(6)9(5)7/h5-8,13-15,28H,9-12H2,1-4H3,(H,29,30);3-4,9H,2H2,1H3. The molecule has 3 heteroatoms. The Balaban J connectivity index is 0.000000233. The van der Waals surface area contributed by atoms with Gasteiger partial charge < -0.3 is 10.1 Å². The number of carbonyl (C=O) groups is 1. The quantitative estimate of drug-likeness (QED) is 0.366. The van der Waals surface area contributed by atoms with Gasteiger partial charge in [0.05, 0.1) is 5.56 Å². The second-order valence-corrected chi connectivity index (χ2v) is 13.2. The minimum absolute atomic E-state index is 0.194. The van der Waals surface area contributed by atoms with Crippen molar-refractivity contribution < 1.29 is 9.90 Å². The van der Waals surface area contributed by atoms with Gasteiger partial charge in [-0.3, -0.25) is 0 Å². The van der Waals surface area contributed by atoms with Gasteiger partial charge in [0.15, 0.2) is 0 Å². The van der Waals surface area contributed by atoms with Crippen LogP contribution in [0.5, 0.6) is 0 Å². The number of nitrogens with one attached hydrogen (secondary N) is 1. The van der Waals surface area contributed by atoms with Crippen molar-refractivity contribution in [3.8, 4) is 22.4 Å². The van der Waals surface area contributed by atoms with Gasteiger partial charge >= 0.3 is 5.97 Å². The number of carboxylic acids is 1. The van der Waals surface area contributed by atoms with Crippen LogP contribution in [-0.2, 0) is 23.7 Å². The van der Waals surface area contributed by atoms with Crippen LogP contribution in [0.4, 0.5) is 0 Å². The van der Waals surface area contributed by atoms with Crippen LogP contribution in [0, 0.1) is 5.92 Å². The number of rotatable bonds is 3. The van der Waals surface area contributed by atoms with E-state index in [1.165, 1.54) is 58.3 Å². The molecular formula is C36H37NO2. The van der Waals surface area contributed by atoms with Crippen molar-refractivity contribution in [3.05, 3.63) is 105 Å². The summed E-state index contributed by atoms with van der Waals surface area (Å²) < 4.78 is 0. The summed E-state index contributed by atoms with van der Waals surface area (Å²) in [4.78, 5) is 14.7. The highest BCUT2D eigenvalue weighted by molar-refractivity contribution is 5.89. The molecule has 0 amide bonds. The largest absolute Gasteiger partial charge is 0.478 e. The average molecular weight is 516 g/mol. The second kappa shape index (κ2) is 8.21. The molecular weight excluding hydrogens is 478 g/mol. The Hall–Kier alpha value is -3.59. The molecule has 1 aromatic heterocycles. The number of aromatic carboxylic acids is 1. The van der Waals surface area contributed by atoms with Gasteiger partial charge in [-0.05, 0) is 111 Å². The first-order valence-electron chi connectivity index (χ1n) is 14.5. The highest BCUT2D eigenvalue weighted by atomic mass is 16.4. The smallest absolute Gasteiger partial charge is 0.335 e. The van der Waals surface area contributed by atoms with Crippen LogP contribution in [0.1, 0.15) is 86.5 Å². The van der Waals surface area contributed by atoms with Crippen LogP contribution in [0.15, 0.2) is 77.0 Å². The monoisotopic (exact) mass is 515 g/mol. The molecule has 3 aromatic rings. The lowest BCUT2D eigenvalue weighted by Gasteiger charge is -2.50. The molecule has 39 heavy (non-hydrogen) atoms. The molecule has 0 saturated heterocycles. The molecule has 5 aliphatic carbocycles. The van der Waals surface area contributed by atoms with Crippen molar-refractivity contribution in [3.63, 3.8) is 0 Å². The van der Waals surface area contributed by atoms with E-state index < -0.39 is 5.97 Å². The van der Waals surface area contributed by atoms with Gasteiger partial charge in [-0.15, -0.1) is 0 Å². The predicted molar refractivity (Wildman–Crippen MR) is 158 cm³/mol. The maximum atomic E-state index is 11.2. The van der Waals surface area contributed by atoms with E-state index in [9.17, 15) is 9.90 Å². The van der Waals surface area contributed by atoms with Gasteiger partial charge in [0.1, 0.15) is 0 Å². The molecule has 2 aromatic carbocycles. The van der Waals surface area contributed by atoms with E-state index >= 15 is 0 Å². The summed E-state index contributed by atoms with van der Waals surface area (Å²) in [6.07, 6.45) is 12.5. The van der Waals surface area contributed by atoms with Crippen LogP contribution in [-0.4, -0.2) is 16.1 Å². The molecule has 1 unspecified atom stereocenters. The Labute approximate surface area is 231 Å². The number of aryl methyl sites for hydroxylation is 1. The summed E-state index contributed by atoms with van der Waals surface area (Å²) in [5.74, 6) is -0.0261. The molecule has 0 bridgehead atoms. The molecule has 1 atom stereocenters. The van der Waals surface area contributed by atoms with Crippen molar-refractivity contribution in [2.24, 2.45) is 5.92 Å². The van der Waals surface area contributed by atoms with Crippen LogP contribution in [0.3, 0.4) is 0 Å². The van der Waals surface area contributed by atoms with Crippen LogP contribution >= 0.6 is 0 Å². The Morgan fingerprint density at radius 2 is 1.64 bits per heavy atom. The van der Waals surface area contributed by atoms with Crippen molar-refractivity contribution in [1.82, 2.24) is 4.98 Å². The summed E-state index contributed by atoms with van der Waals surface area (Å²) >= 11 is 0. The lowest BCUT2D eigenvalue weighted by atomic mass is 9.53. The number of hydrogen-bond donors (Lipinski definition) is 2. The average Bonchev–Trinajstić information content (AvgIpc) is 3.35. The zero-order valence-electron chi connectivity index (χ0n) is 23.7. The molecule has 0 spiro atoms. The number of aromatic amines is 1. The number of carboxylic acid groups (broad SMARTS) is 1. The molecule has 1 heterocycles. The van der Waals surface area contributed by atoms with Gasteiger partial charge in [-0.25, -0.2) is 4.79 Å². The van der Waals surface area contributed by atoms with Crippen LogP contribution in [0.25, 0.3) is 22.4 Å². The fraction of sp³-hybridized carbons (Fsp3) is 0.361. The molecule has 0 radical (unpaired) electrons. The van der Waals surface area contributed by atoms with Crippen molar-refractivity contribution in [2.75, 3.05) is 0 Å². The van der Waals surface area contributed by atoms with Crippen LogP contribution < -0.4 is 0 Å². The number of allylic oxidation sites excluding steroid dienone is 6. The van der Waals surface area contributed by atoms with E-state index in [1.807, 2.05) is 12.1 Å². The van der Waals surface area contributed by atoms with Gasteiger partial charge in [0.25, 0.3) is 0 Å². The van der Waals surface area contributed by atoms with Crippen LogP contribution in [0.2, 0.25) is 0 Å². The maximum Gasteiger partial charge on any atom is 0.335 e.